The fraction of sp³-hybridized carbons (Fsp3) is 0.0435. The number of hydrogen-bond acceptors (Lipinski definition) is 4. The number of esters is 1. The average molecular weight is 387 g/mol. The molecule has 0 bridgehead atoms. The number of carbonyl (C=O) groups excluding carboxylic acids is 2. The molecule has 0 aliphatic rings. The predicted octanol–water partition coefficient (Wildman–Crippen LogP) is 5.36. The molecule has 4 aromatic rings. The van der Waals surface area contributed by atoms with Crippen molar-refractivity contribution >= 4 is 39.0 Å². The van der Waals surface area contributed by atoms with E-state index in [1.807, 2.05) is 78.9 Å². The minimum atomic E-state index is -0.493. The normalized spacial score (nSPS) is 10.6. The van der Waals surface area contributed by atoms with Gasteiger partial charge in [0.15, 0.2) is 6.61 Å². The number of anilines is 1. The number of amides is 1. The molecule has 1 N–H and O–H groups in total. The van der Waals surface area contributed by atoms with Gasteiger partial charge in [0.1, 0.15) is 4.88 Å². The summed E-state index contributed by atoms with van der Waals surface area (Å²) in [5.74, 6) is -0.870. The first-order chi connectivity index (χ1) is 13.7. The number of carbonyl (C=O) groups is 2. The largest absolute Gasteiger partial charge is 0.451 e. The zero-order chi connectivity index (χ0) is 19.3. The lowest BCUT2D eigenvalue weighted by atomic mass is 10.0. The summed E-state index contributed by atoms with van der Waals surface area (Å²) in [6.45, 7) is -0.337. The van der Waals surface area contributed by atoms with Crippen LogP contribution in [0.5, 0.6) is 0 Å². The molecule has 5 heteroatoms. The van der Waals surface area contributed by atoms with Crippen molar-refractivity contribution in [1.82, 2.24) is 0 Å². The summed E-state index contributed by atoms with van der Waals surface area (Å²) < 4.78 is 6.21. The Morgan fingerprint density at radius 3 is 2.39 bits per heavy atom. The predicted molar refractivity (Wildman–Crippen MR) is 113 cm³/mol. The van der Waals surface area contributed by atoms with Gasteiger partial charge in [0, 0.05) is 16.0 Å². The van der Waals surface area contributed by atoms with Crippen LogP contribution >= 0.6 is 11.3 Å². The average Bonchev–Trinajstić information content (AvgIpc) is 3.17. The number of benzene rings is 3. The molecule has 0 radical (unpaired) electrons. The molecule has 4 nitrogen and oxygen atoms in total. The smallest absolute Gasteiger partial charge is 0.348 e. The fourth-order valence-electron chi connectivity index (χ4n) is 2.93. The molecule has 0 atom stereocenters. The van der Waals surface area contributed by atoms with Crippen LogP contribution in [-0.4, -0.2) is 18.5 Å². The lowest BCUT2D eigenvalue weighted by molar-refractivity contribution is -0.119. The Morgan fingerprint density at radius 1 is 0.857 bits per heavy atom. The van der Waals surface area contributed by atoms with Crippen LogP contribution in [-0.2, 0) is 9.53 Å². The lowest BCUT2D eigenvalue weighted by Gasteiger charge is -2.11. The monoisotopic (exact) mass is 387 g/mol. The summed E-state index contributed by atoms with van der Waals surface area (Å²) in [6, 6.07) is 26.8. The van der Waals surface area contributed by atoms with E-state index < -0.39 is 5.97 Å². The Balaban J connectivity index is 1.42. The Bertz CT molecular complexity index is 1100. The first kappa shape index (κ1) is 17.9. The molecule has 0 fully saturated rings. The van der Waals surface area contributed by atoms with Crippen molar-refractivity contribution in [3.8, 4) is 11.1 Å². The molecular formula is C23H17NO3S. The quantitative estimate of drug-likeness (QED) is 0.469. The molecule has 0 unspecified atom stereocenters. The minimum Gasteiger partial charge on any atom is -0.451 e. The van der Waals surface area contributed by atoms with Crippen LogP contribution in [0.2, 0.25) is 0 Å². The van der Waals surface area contributed by atoms with E-state index in [2.05, 4.69) is 5.32 Å². The zero-order valence-corrected chi connectivity index (χ0v) is 15.7. The molecule has 0 spiro atoms. The van der Waals surface area contributed by atoms with Crippen LogP contribution in [0.4, 0.5) is 5.69 Å². The summed E-state index contributed by atoms with van der Waals surface area (Å²) in [5.41, 5.74) is 2.59. The molecular weight excluding hydrogens is 370 g/mol. The highest BCUT2D eigenvalue weighted by Crippen LogP contribution is 2.28. The van der Waals surface area contributed by atoms with E-state index in [0.29, 0.717) is 10.6 Å². The van der Waals surface area contributed by atoms with Crippen molar-refractivity contribution in [3.05, 3.63) is 89.8 Å². The number of rotatable bonds is 5. The van der Waals surface area contributed by atoms with Crippen molar-refractivity contribution in [2.75, 3.05) is 11.9 Å². The van der Waals surface area contributed by atoms with Crippen molar-refractivity contribution in [3.63, 3.8) is 0 Å². The number of para-hydroxylation sites is 1. The number of fused-ring (bicyclic) bond motifs is 1. The van der Waals surface area contributed by atoms with E-state index in [1.165, 1.54) is 11.3 Å². The maximum absolute atomic E-state index is 12.3. The molecule has 0 aliphatic carbocycles. The van der Waals surface area contributed by atoms with Crippen molar-refractivity contribution in [2.45, 2.75) is 0 Å². The van der Waals surface area contributed by atoms with E-state index in [-0.39, 0.29) is 12.5 Å². The highest BCUT2D eigenvalue weighted by molar-refractivity contribution is 7.20. The van der Waals surface area contributed by atoms with Crippen LogP contribution in [0.1, 0.15) is 9.67 Å². The third-order valence-electron chi connectivity index (χ3n) is 4.25. The lowest BCUT2D eigenvalue weighted by Crippen LogP contribution is -2.20. The van der Waals surface area contributed by atoms with Crippen LogP contribution in [0.15, 0.2) is 84.9 Å². The van der Waals surface area contributed by atoms with Crippen LogP contribution in [0.3, 0.4) is 0 Å². The Labute approximate surface area is 166 Å². The molecule has 4 rings (SSSR count). The van der Waals surface area contributed by atoms with Gasteiger partial charge in [-0.15, -0.1) is 11.3 Å². The highest BCUT2D eigenvalue weighted by Gasteiger charge is 2.14. The molecule has 28 heavy (non-hydrogen) atoms. The number of ether oxygens (including phenoxy) is 1. The van der Waals surface area contributed by atoms with E-state index >= 15 is 0 Å². The van der Waals surface area contributed by atoms with E-state index in [9.17, 15) is 9.59 Å². The Kier molecular flexibility index (Phi) is 5.17. The first-order valence-corrected chi connectivity index (χ1v) is 9.62. The summed E-state index contributed by atoms with van der Waals surface area (Å²) in [4.78, 5) is 25.1. The molecule has 0 aliphatic heterocycles. The number of hydrogen-bond donors (Lipinski definition) is 1. The van der Waals surface area contributed by atoms with Gasteiger partial charge in [-0.05, 0) is 29.1 Å². The molecule has 0 saturated heterocycles. The molecule has 1 aromatic heterocycles. The van der Waals surface area contributed by atoms with Gasteiger partial charge in [0.25, 0.3) is 5.91 Å². The van der Waals surface area contributed by atoms with E-state index in [0.717, 1.165) is 21.2 Å². The van der Waals surface area contributed by atoms with Gasteiger partial charge in [-0.2, -0.15) is 0 Å². The Hall–Kier alpha value is -3.44. The third kappa shape index (κ3) is 3.94. The van der Waals surface area contributed by atoms with Crippen LogP contribution in [0, 0.1) is 0 Å². The molecule has 0 saturated carbocycles. The van der Waals surface area contributed by atoms with Gasteiger partial charge in [-0.1, -0.05) is 66.7 Å². The first-order valence-electron chi connectivity index (χ1n) is 8.81. The summed E-state index contributed by atoms with van der Waals surface area (Å²) in [6.07, 6.45) is 0. The van der Waals surface area contributed by atoms with Gasteiger partial charge >= 0.3 is 5.97 Å². The standard InChI is InChI=1S/C23H17NO3S/c25-22(15-27-23(26)21-14-17-10-4-7-13-20(17)28-21)24-19-12-6-5-11-18(19)16-8-2-1-3-9-16/h1-14H,15H2,(H,24,25). The fourth-order valence-corrected chi connectivity index (χ4v) is 3.89. The van der Waals surface area contributed by atoms with Crippen LogP contribution < -0.4 is 5.32 Å². The second-order valence-electron chi connectivity index (χ2n) is 6.18. The van der Waals surface area contributed by atoms with Crippen molar-refractivity contribution < 1.29 is 14.3 Å². The third-order valence-corrected chi connectivity index (χ3v) is 5.34. The topological polar surface area (TPSA) is 55.4 Å². The highest BCUT2D eigenvalue weighted by atomic mass is 32.1. The molecule has 138 valence electrons. The van der Waals surface area contributed by atoms with Gasteiger partial charge in [-0.3, -0.25) is 4.79 Å². The Morgan fingerprint density at radius 2 is 1.57 bits per heavy atom. The second-order valence-corrected chi connectivity index (χ2v) is 7.27. The molecule has 1 amide bonds. The van der Waals surface area contributed by atoms with Crippen molar-refractivity contribution in [1.29, 1.82) is 0 Å². The number of nitrogens with one attached hydrogen (secondary N) is 1. The maximum Gasteiger partial charge on any atom is 0.348 e. The minimum absolute atomic E-state index is 0.337. The van der Waals surface area contributed by atoms with E-state index in [1.54, 1.807) is 6.07 Å². The summed E-state index contributed by atoms with van der Waals surface area (Å²) in [7, 11) is 0. The molecule has 3 aromatic carbocycles. The summed E-state index contributed by atoms with van der Waals surface area (Å²) >= 11 is 1.35. The van der Waals surface area contributed by atoms with Gasteiger partial charge in [0.05, 0.1) is 0 Å². The maximum atomic E-state index is 12.3. The zero-order valence-electron chi connectivity index (χ0n) is 14.9. The SMILES string of the molecule is O=C(COC(=O)c1cc2ccccc2s1)Nc1ccccc1-c1ccccc1. The second kappa shape index (κ2) is 8.06. The van der Waals surface area contributed by atoms with Crippen LogP contribution in [0.25, 0.3) is 21.2 Å². The van der Waals surface area contributed by atoms with Gasteiger partial charge in [0.2, 0.25) is 0 Å². The summed E-state index contributed by atoms with van der Waals surface area (Å²) in [5, 5.41) is 3.82. The molecule has 1 heterocycles. The van der Waals surface area contributed by atoms with Gasteiger partial charge in [-0.25, -0.2) is 4.79 Å². The number of thiophene rings is 1. The van der Waals surface area contributed by atoms with Gasteiger partial charge < -0.3 is 10.1 Å². The van der Waals surface area contributed by atoms with E-state index in [4.69, 9.17) is 4.74 Å². The van der Waals surface area contributed by atoms with Crippen molar-refractivity contribution in [2.24, 2.45) is 0 Å².